The average molecular weight is 263 g/mol. The second kappa shape index (κ2) is 6.80. The Morgan fingerprint density at radius 2 is 2.00 bits per heavy atom. The van der Waals surface area contributed by atoms with Crippen LogP contribution in [0.4, 0.5) is 0 Å². The summed E-state index contributed by atoms with van der Waals surface area (Å²) in [6.45, 7) is 4.67. The predicted octanol–water partition coefficient (Wildman–Crippen LogP) is 3.30. The highest BCUT2D eigenvalue weighted by Gasteiger charge is 2.18. The van der Waals surface area contributed by atoms with Crippen molar-refractivity contribution in [2.45, 2.75) is 58.1 Å². The number of ether oxygens (including phenoxy) is 2. The minimum Gasteiger partial charge on any atom is -0.490 e. The molecule has 0 saturated heterocycles. The van der Waals surface area contributed by atoms with Crippen LogP contribution in [0.5, 0.6) is 11.5 Å². The molecule has 3 heteroatoms. The summed E-state index contributed by atoms with van der Waals surface area (Å²) in [7, 11) is 0. The maximum atomic E-state index is 6.06. The fourth-order valence-corrected chi connectivity index (χ4v) is 2.60. The summed E-state index contributed by atoms with van der Waals surface area (Å²) in [6, 6.07) is 6.35. The van der Waals surface area contributed by atoms with Crippen molar-refractivity contribution in [3.63, 3.8) is 0 Å². The molecule has 1 atom stereocenters. The lowest BCUT2D eigenvalue weighted by Crippen LogP contribution is -2.18. The molecule has 1 aromatic carbocycles. The number of rotatable bonds is 6. The van der Waals surface area contributed by atoms with Crippen LogP contribution in [0, 0.1) is 0 Å². The fraction of sp³-hybridized carbons (Fsp3) is 0.625. The lowest BCUT2D eigenvalue weighted by Gasteiger charge is -2.17. The van der Waals surface area contributed by atoms with Crippen molar-refractivity contribution in [3.05, 3.63) is 23.8 Å². The second-order valence-electron chi connectivity index (χ2n) is 5.42. The molecule has 0 spiro atoms. The van der Waals surface area contributed by atoms with Gasteiger partial charge in [-0.1, -0.05) is 6.07 Å². The molecule has 1 saturated carbocycles. The highest BCUT2D eigenvalue weighted by molar-refractivity contribution is 5.43. The smallest absolute Gasteiger partial charge is 0.161 e. The van der Waals surface area contributed by atoms with Crippen molar-refractivity contribution in [2.75, 3.05) is 6.61 Å². The van der Waals surface area contributed by atoms with Gasteiger partial charge in [-0.2, -0.15) is 0 Å². The fourth-order valence-electron chi connectivity index (χ4n) is 2.60. The Balaban J connectivity index is 2.11. The van der Waals surface area contributed by atoms with Crippen LogP contribution in [0.2, 0.25) is 0 Å². The normalized spacial score (nSPS) is 17.4. The Morgan fingerprint density at radius 3 is 2.63 bits per heavy atom. The van der Waals surface area contributed by atoms with Gasteiger partial charge in [-0.3, -0.25) is 0 Å². The van der Waals surface area contributed by atoms with Gasteiger partial charge in [0.05, 0.1) is 12.7 Å². The van der Waals surface area contributed by atoms with Gasteiger partial charge in [0.15, 0.2) is 11.5 Å². The third-order valence-electron chi connectivity index (χ3n) is 3.46. The van der Waals surface area contributed by atoms with Crippen LogP contribution < -0.4 is 15.2 Å². The van der Waals surface area contributed by atoms with E-state index in [9.17, 15) is 0 Å². The Kier molecular flexibility index (Phi) is 5.08. The second-order valence-corrected chi connectivity index (χ2v) is 5.42. The topological polar surface area (TPSA) is 44.5 Å². The van der Waals surface area contributed by atoms with E-state index in [4.69, 9.17) is 15.2 Å². The summed E-state index contributed by atoms with van der Waals surface area (Å²) in [5.41, 5.74) is 7.05. The first-order valence-electron chi connectivity index (χ1n) is 7.37. The molecule has 1 aliphatic rings. The molecule has 2 N–H and O–H groups in total. The number of hydrogen-bond acceptors (Lipinski definition) is 3. The molecule has 1 fully saturated rings. The van der Waals surface area contributed by atoms with Crippen LogP contribution in [0.25, 0.3) is 0 Å². The van der Waals surface area contributed by atoms with Crippen molar-refractivity contribution in [3.8, 4) is 11.5 Å². The van der Waals surface area contributed by atoms with Gasteiger partial charge in [-0.05, 0) is 63.6 Å². The molecule has 3 nitrogen and oxygen atoms in total. The lowest BCUT2D eigenvalue weighted by molar-refractivity contribution is 0.196. The maximum Gasteiger partial charge on any atom is 0.161 e. The van der Waals surface area contributed by atoms with E-state index in [0.29, 0.717) is 12.7 Å². The van der Waals surface area contributed by atoms with E-state index < -0.39 is 0 Å². The first-order chi connectivity index (χ1) is 9.19. The first-order valence-corrected chi connectivity index (χ1v) is 7.37. The van der Waals surface area contributed by atoms with E-state index in [2.05, 4.69) is 12.1 Å². The molecular formula is C16H25NO2. The number of hydrogen-bond donors (Lipinski definition) is 1. The van der Waals surface area contributed by atoms with E-state index in [1.54, 1.807) is 0 Å². The summed E-state index contributed by atoms with van der Waals surface area (Å²) in [5.74, 6) is 1.73. The SMILES string of the molecule is CCOc1cc(CC(C)N)ccc1OC1CCCC1. The largest absolute Gasteiger partial charge is 0.490 e. The van der Waals surface area contributed by atoms with Gasteiger partial charge in [-0.15, -0.1) is 0 Å². The van der Waals surface area contributed by atoms with Gasteiger partial charge >= 0.3 is 0 Å². The van der Waals surface area contributed by atoms with E-state index in [-0.39, 0.29) is 6.04 Å². The average Bonchev–Trinajstić information content (AvgIpc) is 2.85. The minimum atomic E-state index is 0.163. The molecule has 0 heterocycles. The Labute approximate surface area is 116 Å². The monoisotopic (exact) mass is 263 g/mol. The third kappa shape index (κ3) is 4.13. The van der Waals surface area contributed by atoms with E-state index in [1.165, 1.54) is 18.4 Å². The highest BCUT2D eigenvalue weighted by Crippen LogP contribution is 2.32. The number of benzene rings is 1. The molecule has 1 unspecified atom stereocenters. The van der Waals surface area contributed by atoms with Gasteiger partial charge in [0, 0.05) is 6.04 Å². The highest BCUT2D eigenvalue weighted by atomic mass is 16.5. The van der Waals surface area contributed by atoms with Crippen molar-refractivity contribution in [2.24, 2.45) is 5.73 Å². The zero-order valence-corrected chi connectivity index (χ0v) is 12.0. The first kappa shape index (κ1) is 14.2. The third-order valence-corrected chi connectivity index (χ3v) is 3.46. The molecule has 106 valence electrons. The summed E-state index contributed by atoms with van der Waals surface area (Å²) in [4.78, 5) is 0. The maximum absolute atomic E-state index is 6.06. The Bertz CT molecular complexity index is 398. The van der Waals surface area contributed by atoms with Gasteiger partial charge in [-0.25, -0.2) is 0 Å². The van der Waals surface area contributed by atoms with Crippen LogP contribution in [0.15, 0.2) is 18.2 Å². The lowest BCUT2D eigenvalue weighted by atomic mass is 10.1. The molecule has 1 aliphatic carbocycles. The van der Waals surface area contributed by atoms with Crippen LogP contribution in [0.3, 0.4) is 0 Å². The molecule has 0 bridgehead atoms. The zero-order valence-electron chi connectivity index (χ0n) is 12.0. The van der Waals surface area contributed by atoms with Crippen molar-refractivity contribution in [1.29, 1.82) is 0 Å². The quantitative estimate of drug-likeness (QED) is 0.856. The van der Waals surface area contributed by atoms with E-state index >= 15 is 0 Å². The molecular weight excluding hydrogens is 238 g/mol. The van der Waals surface area contributed by atoms with Crippen LogP contribution in [-0.2, 0) is 6.42 Å². The predicted molar refractivity (Wildman–Crippen MR) is 77.8 cm³/mol. The summed E-state index contributed by atoms with van der Waals surface area (Å²) < 4.78 is 11.8. The number of nitrogens with two attached hydrogens (primary N) is 1. The molecule has 0 aromatic heterocycles. The molecule has 0 amide bonds. The van der Waals surface area contributed by atoms with Crippen LogP contribution in [-0.4, -0.2) is 18.8 Å². The van der Waals surface area contributed by atoms with E-state index in [0.717, 1.165) is 30.8 Å². The Morgan fingerprint density at radius 1 is 1.26 bits per heavy atom. The molecule has 2 rings (SSSR count). The summed E-state index contributed by atoms with van der Waals surface area (Å²) in [5, 5.41) is 0. The van der Waals surface area contributed by atoms with Gasteiger partial charge in [0.2, 0.25) is 0 Å². The minimum absolute atomic E-state index is 0.163. The van der Waals surface area contributed by atoms with Crippen LogP contribution in [0.1, 0.15) is 45.1 Å². The van der Waals surface area contributed by atoms with Crippen LogP contribution >= 0.6 is 0 Å². The van der Waals surface area contributed by atoms with Gasteiger partial charge in [0.25, 0.3) is 0 Å². The summed E-state index contributed by atoms with van der Waals surface area (Å²) in [6.07, 6.45) is 6.09. The molecule has 0 radical (unpaired) electrons. The van der Waals surface area contributed by atoms with Crippen molar-refractivity contribution >= 4 is 0 Å². The Hall–Kier alpha value is -1.22. The zero-order chi connectivity index (χ0) is 13.7. The molecule has 0 aliphatic heterocycles. The molecule has 19 heavy (non-hydrogen) atoms. The van der Waals surface area contributed by atoms with Gasteiger partial charge in [0.1, 0.15) is 0 Å². The van der Waals surface area contributed by atoms with E-state index in [1.807, 2.05) is 19.9 Å². The summed E-state index contributed by atoms with van der Waals surface area (Å²) >= 11 is 0. The van der Waals surface area contributed by atoms with Crippen molar-refractivity contribution < 1.29 is 9.47 Å². The van der Waals surface area contributed by atoms with Crippen molar-refractivity contribution in [1.82, 2.24) is 0 Å². The van der Waals surface area contributed by atoms with Gasteiger partial charge < -0.3 is 15.2 Å². The molecule has 1 aromatic rings. The standard InChI is InChI=1S/C16H25NO2/c1-3-18-16-11-13(10-12(2)17)8-9-15(16)19-14-6-4-5-7-14/h8-9,11-12,14H,3-7,10,17H2,1-2H3.